The van der Waals surface area contributed by atoms with E-state index >= 15 is 0 Å². The Bertz CT molecular complexity index is 1290. The highest BCUT2D eigenvalue weighted by Gasteiger charge is 2.14. The van der Waals surface area contributed by atoms with Gasteiger partial charge in [0.05, 0.1) is 0 Å². The zero-order chi connectivity index (χ0) is 38.7. The molecule has 0 atom stereocenters. The van der Waals surface area contributed by atoms with Crippen LogP contribution in [-0.2, 0) is 30.4 Å². The fourth-order valence-corrected chi connectivity index (χ4v) is 5.19. The maximum Gasteiger partial charge on any atom is 0.246 e. The number of unbranched alkanes of at least 4 members (excludes halogenated alkanes) is 6. The van der Waals surface area contributed by atoms with Crippen molar-refractivity contribution in [2.75, 3.05) is 44.6 Å². The average molecular weight is 768 g/mol. The Hall–Kier alpha value is -3.77. The second-order valence-corrected chi connectivity index (χ2v) is 13.6. The SMILES string of the molecule is CC(=O)N(O)CCCCCNC(=O)CCC(=O)N(O)CCCCCNC(=O)CCC(=O)N(O)CCCCCNC(=S)Nc1ccc(CC(C)=S)cc1. The lowest BCUT2D eigenvalue weighted by molar-refractivity contribution is -0.166. The third-order valence-corrected chi connectivity index (χ3v) is 8.20. The van der Waals surface area contributed by atoms with Gasteiger partial charge in [-0.05, 0) is 99.5 Å². The van der Waals surface area contributed by atoms with E-state index in [1.165, 1.54) is 6.92 Å². The Kier molecular flexibility index (Phi) is 24.7. The summed E-state index contributed by atoms with van der Waals surface area (Å²) in [7, 11) is 0. The van der Waals surface area contributed by atoms with E-state index in [0.29, 0.717) is 84.9 Å². The smallest absolute Gasteiger partial charge is 0.246 e. The number of amides is 5. The first kappa shape index (κ1) is 46.3. The van der Waals surface area contributed by atoms with Crippen LogP contribution in [0.25, 0.3) is 0 Å². The minimum absolute atomic E-state index is 0.0465. The van der Waals surface area contributed by atoms with Crippen LogP contribution < -0.4 is 21.3 Å². The monoisotopic (exact) mass is 767 g/mol. The van der Waals surface area contributed by atoms with E-state index in [2.05, 4.69) is 21.3 Å². The normalized spacial score (nSPS) is 10.6. The number of hydrogen-bond donors (Lipinski definition) is 7. The van der Waals surface area contributed by atoms with Crippen LogP contribution in [0, 0.1) is 0 Å². The summed E-state index contributed by atoms with van der Waals surface area (Å²) < 4.78 is 0. The standard InChI is InChI=1S/C35H57N7O8S2/c1-27(51)26-29-12-14-30(15-13-29)39-35(52)38-22-8-5-11-25-42(50)34(47)19-17-32(45)37-21-7-4-10-24-41(49)33(46)18-16-31(44)36-20-6-3-9-23-40(48)28(2)43/h12-15,48-50H,3-11,16-26H2,1-2H3,(H,36,44)(H,37,45)(H2,38,39,52). The van der Waals surface area contributed by atoms with Crippen molar-refractivity contribution < 1.29 is 39.6 Å². The van der Waals surface area contributed by atoms with Crippen LogP contribution in [-0.4, -0.2) is 110 Å². The quantitative estimate of drug-likeness (QED) is 0.0295. The highest BCUT2D eigenvalue weighted by Crippen LogP contribution is 2.11. The summed E-state index contributed by atoms with van der Waals surface area (Å²) in [4.78, 5) is 60.2. The van der Waals surface area contributed by atoms with E-state index in [1.54, 1.807) is 0 Å². The number of nitrogens with zero attached hydrogens (tertiary/aromatic N) is 3. The van der Waals surface area contributed by atoms with Crippen LogP contribution >= 0.6 is 24.4 Å². The minimum Gasteiger partial charge on any atom is -0.362 e. The number of hydroxylamine groups is 6. The first-order valence-corrected chi connectivity index (χ1v) is 18.7. The van der Waals surface area contributed by atoms with E-state index in [9.17, 15) is 39.6 Å². The topological polar surface area (TPSA) is 204 Å². The molecule has 0 aliphatic heterocycles. The molecule has 0 saturated heterocycles. The third-order valence-electron chi connectivity index (χ3n) is 7.81. The Balaban J connectivity index is 2.02. The van der Waals surface area contributed by atoms with Crippen LogP contribution in [0.3, 0.4) is 0 Å². The molecule has 1 rings (SSSR count). The predicted octanol–water partition coefficient (Wildman–Crippen LogP) is 3.88. The van der Waals surface area contributed by atoms with Crippen molar-refractivity contribution >= 4 is 69.6 Å². The Morgan fingerprint density at radius 1 is 0.577 bits per heavy atom. The van der Waals surface area contributed by atoms with Gasteiger partial charge in [0.1, 0.15) is 0 Å². The zero-order valence-corrected chi connectivity index (χ0v) is 32.1. The average Bonchev–Trinajstić information content (AvgIpc) is 3.10. The number of carbonyl (C=O) groups is 5. The van der Waals surface area contributed by atoms with Gasteiger partial charge in [0.25, 0.3) is 0 Å². The summed E-state index contributed by atoms with van der Waals surface area (Å²) >= 11 is 10.5. The summed E-state index contributed by atoms with van der Waals surface area (Å²) in [5, 5.41) is 43.4. The van der Waals surface area contributed by atoms with Crippen LogP contribution in [0.2, 0.25) is 0 Å². The van der Waals surface area contributed by atoms with Crippen molar-refractivity contribution in [2.45, 2.75) is 104 Å². The molecule has 1 aromatic carbocycles. The second kappa shape index (κ2) is 27.8. The highest BCUT2D eigenvalue weighted by molar-refractivity contribution is 7.80. The molecule has 5 amide bonds. The van der Waals surface area contributed by atoms with Crippen molar-refractivity contribution in [1.82, 2.24) is 31.1 Å². The summed E-state index contributed by atoms with van der Waals surface area (Å²) in [6.07, 6.45) is 6.32. The molecule has 0 spiro atoms. The molecule has 1 aromatic rings. The summed E-state index contributed by atoms with van der Waals surface area (Å²) in [6, 6.07) is 7.92. The van der Waals surface area contributed by atoms with E-state index in [1.807, 2.05) is 31.2 Å². The molecule has 292 valence electrons. The molecule has 0 aromatic heterocycles. The van der Waals surface area contributed by atoms with Crippen LogP contribution in [0.4, 0.5) is 5.69 Å². The van der Waals surface area contributed by atoms with Gasteiger partial charge in [-0.1, -0.05) is 24.4 Å². The number of anilines is 1. The number of nitrogens with one attached hydrogen (secondary N) is 4. The number of hydrogen-bond acceptors (Lipinski definition) is 10. The van der Waals surface area contributed by atoms with Gasteiger partial charge >= 0.3 is 0 Å². The van der Waals surface area contributed by atoms with Crippen molar-refractivity contribution in [1.29, 1.82) is 0 Å². The molecule has 0 radical (unpaired) electrons. The lowest BCUT2D eigenvalue weighted by atomic mass is 10.1. The molecular weight excluding hydrogens is 711 g/mol. The second-order valence-electron chi connectivity index (χ2n) is 12.5. The lowest BCUT2D eigenvalue weighted by Gasteiger charge is -2.15. The molecule has 7 N–H and O–H groups in total. The van der Waals surface area contributed by atoms with Crippen molar-refractivity contribution in [3.8, 4) is 0 Å². The fourth-order valence-electron chi connectivity index (χ4n) is 4.80. The maximum atomic E-state index is 12.2. The van der Waals surface area contributed by atoms with E-state index in [-0.39, 0.29) is 57.1 Å². The molecular formula is C35H57N7O8S2. The van der Waals surface area contributed by atoms with E-state index in [0.717, 1.165) is 35.4 Å². The third kappa shape index (κ3) is 23.7. The van der Waals surface area contributed by atoms with Gasteiger partial charge in [0.2, 0.25) is 29.5 Å². The molecule has 0 aliphatic carbocycles. The molecule has 52 heavy (non-hydrogen) atoms. The molecule has 0 fully saturated rings. The molecule has 15 nitrogen and oxygen atoms in total. The van der Waals surface area contributed by atoms with Gasteiger partial charge in [0, 0.05) is 84.0 Å². The van der Waals surface area contributed by atoms with Crippen molar-refractivity contribution in [3.05, 3.63) is 29.8 Å². The van der Waals surface area contributed by atoms with Gasteiger partial charge < -0.3 is 21.3 Å². The number of benzene rings is 1. The summed E-state index contributed by atoms with van der Waals surface area (Å²) in [6.45, 7) is 5.12. The first-order chi connectivity index (χ1) is 24.8. The largest absolute Gasteiger partial charge is 0.362 e. The van der Waals surface area contributed by atoms with Gasteiger partial charge in [-0.25, -0.2) is 15.2 Å². The van der Waals surface area contributed by atoms with Crippen molar-refractivity contribution in [3.63, 3.8) is 0 Å². The van der Waals surface area contributed by atoms with E-state index < -0.39 is 17.7 Å². The van der Waals surface area contributed by atoms with Gasteiger partial charge in [-0.3, -0.25) is 39.6 Å². The number of carbonyl (C=O) groups excluding carboxylic acids is 5. The summed E-state index contributed by atoms with van der Waals surface area (Å²) in [5.74, 6) is -2.10. The van der Waals surface area contributed by atoms with Crippen LogP contribution in [0.1, 0.15) is 103 Å². The minimum atomic E-state index is -0.556. The van der Waals surface area contributed by atoms with E-state index in [4.69, 9.17) is 24.4 Å². The molecule has 0 saturated carbocycles. The maximum absolute atomic E-state index is 12.2. The van der Waals surface area contributed by atoms with Gasteiger partial charge in [-0.15, -0.1) is 0 Å². The number of thiocarbonyl (C=S) groups is 2. The lowest BCUT2D eigenvalue weighted by Crippen LogP contribution is -2.31. The Labute approximate surface area is 317 Å². The Morgan fingerprint density at radius 2 is 1.00 bits per heavy atom. The van der Waals surface area contributed by atoms with Crippen molar-refractivity contribution in [2.24, 2.45) is 0 Å². The molecule has 0 heterocycles. The Morgan fingerprint density at radius 3 is 1.42 bits per heavy atom. The van der Waals surface area contributed by atoms with Crippen LogP contribution in [0.5, 0.6) is 0 Å². The highest BCUT2D eigenvalue weighted by atomic mass is 32.1. The zero-order valence-electron chi connectivity index (χ0n) is 30.5. The number of rotatable bonds is 27. The molecule has 0 aliphatic rings. The van der Waals surface area contributed by atoms with Gasteiger partial charge in [-0.2, -0.15) is 0 Å². The van der Waals surface area contributed by atoms with Gasteiger partial charge in [0.15, 0.2) is 5.11 Å². The first-order valence-electron chi connectivity index (χ1n) is 17.9. The molecule has 0 bridgehead atoms. The summed E-state index contributed by atoms with van der Waals surface area (Å²) in [5.41, 5.74) is 2.03. The molecule has 17 heteroatoms. The molecule has 0 unspecified atom stereocenters. The fraction of sp³-hybridized carbons (Fsp3) is 0.629. The predicted molar refractivity (Wildman–Crippen MR) is 205 cm³/mol. The van der Waals surface area contributed by atoms with Crippen LogP contribution in [0.15, 0.2) is 24.3 Å².